The normalized spacial score (nSPS) is 15.8. The van der Waals surface area contributed by atoms with Gasteiger partial charge >= 0.3 is 0 Å². The minimum Gasteiger partial charge on any atom is -0.368 e. The molecule has 1 aromatic heterocycles. The Morgan fingerprint density at radius 1 is 1.20 bits per heavy atom. The fourth-order valence-electron chi connectivity index (χ4n) is 2.71. The van der Waals surface area contributed by atoms with Crippen LogP contribution < -0.4 is 10.6 Å². The Balaban J connectivity index is 2.04. The second-order valence-electron chi connectivity index (χ2n) is 5.26. The van der Waals surface area contributed by atoms with Crippen molar-refractivity contribution in [1.82, 2.24) is 15.5 Å². The third kappa shape index (κ3) is 2.29. The molecule has 0 radical (unpaired) electrons. The molecule has 0 atom stereocenters. The number of nitrogens with one attached hydrogen (secondary N) is 3. The van der Waals surface area contributed by atoms with E-state index in [0.29, 0.717) is 5.92 Å². The molecule has 104 valence electrons. The molecule has 2 heterocycles. The third-order valence-corrected chi connectivity index (χ3v) is 3.57. The second kappa shape index (κ2) is 5.04. The largest absolute Gasteiger partial charge is 0.368 e. The van der Waals surface area contributed by atoms with Crippen LogP contribution in [0.25, 0.3) is 10.9 Å². The first kappa shape index (κ1) is 12.8. The maximum absolute atomic E-state index is 4.32. The summed E-state index contributed by atoms with van der Waals surface area (Å²) in [6.07, 6.45) is 4.50. The Hall–Kier alpha value is -2.23. The summed E-state index contributed by atoms with van der Waals surface area (Å²) in [4.78, 5) is 0. The summed E-state index contributed by atoms with van der Waals surface area (Å²) in [5, 5.41) is 15.2. The minimum absolute atomic E-state index is 0.324. The Kier molecular flexibility index (Phi) is 3.22. The second-order valence-corrected chi connectivity index (χ2v) is 5.26. The van der Waals surface area contributed by atoms with Crippen LogP contribution in [-0.2, 0) is 0 Å². The molecule has 0 spiro atoms. The summed E-state index contributed by atoms with van der Waals surface area (Å²) >= 11 is 0. The Labute approximate surface area is 119 Å². The average molecular weight is 268 g/mol. The van der Waals surface area contributed by atoms with E-state index in [4.69, 9.17) is 0 Å². The third-order valence-electron chi connectivity index (χ3n) is 3.57. The topological polar surface area (TPSA) is 52.7 Å². The number of benzene rings is 1. The van der Waals surface area contributed by atoms with Crippen molar-refractivity contribution in [2.24, 2.45) is 0 Å². The van der Waals surface area contributed by atoms with Crippen LogP contribution in [0, 0.1) is 0 Å². The molecular formula is C16H20N4. The minimum atomic E-state index is 0.324. The van der Waals surface area contributed by atoms with Gasteiger partial charge in [-0.1, -0.05) is 18.2 Å². The van der Waals surface area contributed by atoms with E-state index in [9.17, 15) is 0 Å². The van der Waals surface area contributed by atoms with Gasteiger partial charge in [0.2, 0.25) is 0 Å². The molecule has 3 rings (SSSR count). The molecule has 20 heavy (non-hydrogen) atoms. The van der Waals surface area contributed by atoms with E-state index >= 15 is 0 Å². The highest BCUT2D eigenvalue weighted by Gasteiger charge is 2.13. The van der Waals surface area contributed by atoms with E-state index in [0.717, 1.165) is 23.3 Å². The Morgan fingerprint density at radius 2 is 1.95 bits per heavy atom. The van der Waals surface area contributed by atoms with Crippen LogP contribution in [0.5, 0.6) is 0 Å². The van der Waals surface area contributed by atoms with E-state index in [1.54, 1.807) is 0 Å². The lowest BCUT2D eigenvalue weighted by molar-refractivity contribution is 0.871. The molecule has 4 nitrogen and oxygen atoms in total. The summed E-state index contributed by atoms with van der Waals surface area (Å²) in [5.41, 5.74) is 4.77. The number of aromatic amines is 1. The molecule has 0 aliphatic carbocycles. The maximum atomic E-state index is 4.32. The van der Waals surface area contributed by atoms with Crippen LogP contribution >= 0.6 is 0 Å². The zero-order valence-corrected chi connectivity index (χ0v) is 12.1. The van der Waals surface area contributed by atoms with Crippen molar-refractivity contribution >= 4 is 16.7 Å². The zero-order chi connectivity index (χ0) is 14.1. The maximum Gasteiger partial charge on any atom is 0.155 e. The molecule has 0 unspecified atom stereocenters. The number of hydrogen-bond acceptors (Lipinski definition) is 3. The summed E-state index contributed by atoms with van der Waals surface area (Å²) in [5.74, 6) is 1.25. The van der Waals surface area contributed by atoms with Crippen molar-refractivity contribution < 1.29 is 0 Å². The van der Waals surface area contributed by atoms with Gasteiger partial charge < -0.3 is 10.6 Å². The molecular weight excluding hydrogens is 248 g/mol. The number of aromatic nitrogens is 2. The Morgan fingerprint density at radius 3 is 2.65 bits per heavy atom. The lowest BCUT2D eigenvalue weighted by Gasteiger charge is -2.19. The van der Waals surface area contributed by atoms with Crippen molar-refractivity contribution in [1.29, 1.82) is 0 Å². The van der Waals surface area contributed by atoms with E-state index in [1.807, 2.05) is 0 Å². The number of H-pyrrole nitrogens is 1. The summed E-state index contributed by atoms with van der Waals surface area (Å²) in [7, 11) is 0. The van der Waals surface area contributed by atoms with Gasteiger partial charge in [0, 0.05) is 29.2 Å². The van der Waals surface area contributed by atoms with Gasteiger partial charge in [-0.3, -0.25) is 5.10 Å². The SMILES string of the molecule is CCNc1n[nH]c2ccc(C3C=C(C)NC(C)=C3)cc12. The lowest BCUT2D eigenvalue weighted by atomic mass is 9.94. The molecule has 0 saturated heterocycles. The highest BCUT2D eigenvalue weighted by Crippen LogP contribution is 2.29. The van der Waals surface area contributed by atoms with Gasteiger partial charge in [0.15, 0.2) is 5.82 Å². The van der Waals surface area contributed by atoms with E-state index < -0.39 is 0 Å². The van der Waals surface area contributed by atoms with Crippen LogP contribution in [0.2, 0.25) is 0 Å². The standard InChI is InChI=1S/C16H20N4/c1-4-17-16-14-9-12(5-6-15(14)19-20-16)13-7-10(2)18-11(3)8-13/h5-9,13,18H,4H2,1-3H3,(H2,17,19,20). The molecule has 0 fully saturated rings. The van der Waals surface area contributed by atoms with Gasteiger partial charge in [-0.25, -0.2) is 0 Å². The predicted octanol–water partition coefficient (Wildman–Crippen LogP) is 3.49. The number of rotatable bonds is 3. The Bertz CT molecular complexity index is 676. The van der Waals surface area contributed by atoms with Crippen LogP contribution in [0.1, 0.15) is 32.3 Å². The number of allylic oxidation sites excluding steroid dienone is 4. The average Bonchev–Trinajstić information content (AvgIpc) is 2.81. The predicted molar refractivity (Wildman–Crippen MR) is 83.6 cm³/mol. The summed E-state index contributed by atoms with van der Waals surface area (Å²) in [6, 6.07) is 6.49. The molecule has 0 saturated carbocycles. The highest BCUT2D eigenvalue weighted by molar-refractivity contribution is 5.90. The molecule has 2 aromatic rings. The first-order chi connectivity index (χ1) is 9.67. The van der Waals surface area contributed by atoms with Crippen molar-refractivity contribution in [3.8, 4) is 0 Å². The van der Waals surface area contributed by atoms with Gasteiger partial charge in [0.1, 0.15) is 0 Å². The summed E-state index contributed by atoms with van der Waals surface area (Å²) < 4.78 is 0. The van der Waals surface area contributed by atoms with Crippen LogP contribution in [0.15, 0.2) is 41.7 Å². The van der Waals surface area contributed by atoms with Crippen LogP contribution in [0.3, 0.4) is 0 Å². The van der Waals surface area contributed by atoms with E-state index in [1.165, 1.54) is 17.0 Å². The monoisotopic (exact) mass is 268 g/mol. The smallest absolute Gasteiger partial charge is 0.155 e. The fourth-order valence-corrected chi connectivity index (χ4v) is 2.71. The van der Waals surface area contributed by atoms with Crippen LogP contribution in [0.4, 0.5) is 5.82 Å². The number of hydrogen-bond donors (Lipinski definition) is 3. The number of dihydropyridines is 1. The van der Waals surface area contributed by atoms with Crippen molar-refractivity contribution in [2.75, 3.05) is 11.9 Å². The quantitative estimate of drug-likeness (QED) is 0.798. The first-order valence-electron chi connectivity index (χ1n) is 7.03. The van der Waals surface area contributed by atoms with Gasteiger partial charge in [-0.15, -0.1) is 0 Å². The lowest BCUT2D eigenvalue weighted by Crippen LogP contribution is -2.14. The molecule has 0 bridgehead atoms. The van der Waals surface area contributed by atoms with Gasteiger partial charge in [0.05, 0.1) is 5.52 Å². The van der Waals surface area contributed by atoms with Crippen molar-refractivity contribution in [2.45, 2.75) is 26.7 Å². The molecule has 3 N–H and O–H groups in total. The van der Waals surface area contributed by atoms with Gasteiger partial charge in [0.25, 0.3) is 0 Å². The molecule has 1 aliphatic rings. The van der Waals surface area contributed by atoms with Crippen molar-refractivity contribution in [3.63, 3.8) is 0 Å². The van der Waals surface area contributed by atoms with Crippen LogP contribution in [-0.4, -0.2) is 16.7 Å². The zero-order valence-electron chi connectivity index (χ0n) is 12.1. The van der Waals surface area contributed by atoms with Crippen molar-refractivity contribution in [3.05, 3.63) is 47.3 Å². The van der Waals surface area contributed by atoms with Gasteiger partial charge in [-0.05, 0) is 38.5 Å². The molecule has 1 aromatic carbocycles. The fraction of sp³-hybridized carbons (Fsp3) is 0.312. The first-order valence-corrected chi connectivity index (χ1v) is 7.03. The molecule has 4 heteroatoms. The highest BCUT2D eigenvalue weighted by atomic mass is 15.2. The number of anilines is 1. The molecule has 1 aliphatic heterocycles. The van der Waals surface area contributed by atoms with E-state index in [-0.39, 0.29) is 0 Å². The summed E-state index contributed by atoms with van der Waals surface area (Å²) in [6.45, 7) is 7.15. The van der Waals surface area contributed by atoms with E-state index in [2.05, 4.69) is 72.0 Å². The number of fused-ring (bicyclic) bond motifs is 1. The van der Waals surface area contributed by atoms with Gasteiger partial charge in [-0.2, -0.15) is 5.10 Å². The molecule has 0 amide bonds. The number of nitrogens with zero attached hydrogens (tertiary/aromatic N) is 1.